The van der Waals surface area contributed by atoms with Crippen molar-refractivity contribution in [2.45, 2.75) is 15.5 Å². The Morgan fingerprint density at radius 3 is 2.58 bits per heavy atom. The van der Waals surface area contributed by atoms with E-state index < -0.39 is 34.3 Å². The third-order valence-electron chi connectivity index (χ3n) is 2.66. The maximum absolute atomic E-state index is 11.8. The van der Waals surface area contributed by atoms with Gasteiger partial charge in [0.2, 0.25) is 10.1 Å². The van der Waals surface area contributed by atoms with Gasteiger partial charge in [-0.15, -0.1) is 11.8 Å². The lowest BCUT2D eigenvalue weighted by Gasteiger charge is -2.15. The van der Waals surface area contributed by atoms with E-state index in [4.69, 9.17) is 49.0 Å². The van der Waals surface area contributed by atoms with Crippen molar-refractivity contribution < 1.29 is 28.5 Å². The van der Waals surface area contributed by atoms with Crippen molar-refractivity contribution in [3.05, 3.63) is 35.9 Å². The van der Waals surface area contributed by atoms with E-state index in [0.29, 0.717) is 11.3 Å². The first-order chi connectivity index (χ1) is 11.3. The predicted molar refractivity (Wildman–Crippen MR) is 90.6 cm³/mol. The molecule has 6 nitrogen and oxygen atoms in total. The highest BCUT2D eigenvalue weighted by Crippen LogP contribution is 2.28. The van der Waals surface area contributed by atoms with Gasteiger partial charge in [-0.2, -0.15) is 0 Å². The summed E-state index contributed by atoms with van der Waals surface area (Å²) in [5.74, 6) is -0.0811. The van der Waals surface area contributed by atoms with Crippen LogP contribution in [0, 0.1) is 0 Å². The highest BCUT2D eigenvalue weighted by Gasteiger charge is 2.31. The van der Waals surface area contributed by atoms with Crippen LogP contribution in [0.25, 0.3) is 0 Å². The predicted octanol–water partition coefficient (Wildman–Crippen LogP) is 3.78. The Morgan fingerprint density at radius 1 is 1.21 bits per heavy atom. The summed E-state index contributed by atoms with van der Waals surface area (Å²) in [7, 11) is 0. The van der Waals surface area contributed by atoms with Gasteiger partial charge in [0.15, 0.2) is 0 Å². The maximum Gasteiger partial charge on any atom is 0.510 e. The Hall–Kier alpha value is -0.860. The van der Waals surface area contributed by atoms with Crippen LogP contribution in [0.4, 0.5) is 4.79 Å². The largest absolute Gasteiger partial charge is 0.510 e. The molecule has 1 aromatic carbocycles. The van der Waals surface area contributed by atoms with Gasteiger partial charge in [-0.05, 0) is 12.1 Å². The monoisotopic (exact) mass is 414 g/mol. The van der Waals surface area contributed by atoms with Crippen LogP contribution in [-0.2, 0) is 18.9 Å². The number of alkyl halides is 3. The van der Waals surface area contributed by atoms with Gasteiger partial charge < -0.3 is 18.9 Å². The summed E-state index contributed by atoms with van der Waals surface area (Å²) in [6, 6.07) is 8.58. The molecule has 132 valence electrons. The lowest BCUT2D eigenvalue weighted by atomic mass is 10.2. The van der Waals surface area contributed by atoms with E-state index in [1.165, 1.54) is 11.8 Å². The summed E-state index contributed by atoms with van der Waals surface area (Å²) < 4.78 is 18.4. The van der Waals surface area contributed by atoms with Crippen molar-refractivity contribution in [3.63, 3.8) is 0 Å². The fraction of sp³-hybridized carbons (Fsp3) is 0.429. The molecule has 2 rings (SSSR count). The molecule has 1 aliphatic rings. The fourth-order valence-corrected chi connectivity index (χ4v) is 2.72. The molecule has 2 atom stereocenters. The molecular weight excluding hydrogens is 403 g/mol. The standard InChI is InChI=1S/C14H13Cl3O6S/c15-14(16,17)8-21-13(19)23-10-7-24-11(22-10)6-20-12(18)9-4-2-1-3-5-9/h1-5,10-11H,6-8H2/t10-,11-/m1/s1. The van der Waals surface area contributed by atoms with Crippen LogP contribution < -0.4 is 0 Å². The van der Waals surface area contributed by atoms with Gasteiger partial charge >= 0.3 is 12.1 Å². The van der Waals surface area contributed by atoms with E-state index in [2.05, 4.69) is 4.74 Å². The van der Waals surface area contributed by atoms with Crippen molar-refractivity contribution in [2.75, 3.05) is 19.0 Å². The molecule has 0 N–H and O–H groups in total. The zero-order chi connectivity index (χ0) is 17.6. The Labute approximate surface area is 157 Å². The van der Waals surface area contributed by atoms with Gasteiger partial charge in [0.25, 0.3) is 0 Å². The number of hydrogen-bond donors (Lipinski definition) is 0. The molecule has 1 saturated heterocycles. The van der Waals surface area contributed by atoms with E-state index in [1.54, 1.807) is 30.3 Å². The Bertz CT molecular complexity index is 565. The summed E-state index contributed by atoms with van der Waals surface area (Å²) in [5, 5.41) is 0. The molecule has 10 heteroatoms. The average molecular weight is 416 g/mol. The minimum Gasteiger partial charge on any atom is -0.458 e. The second-order valence-corrected chi connectivity index (χ2v) is 8.27. The van der Waals surface area contributed by atoms with Crippen molar-refractivity contribution in [3.8, 4) is 0 Å². The normalized spacial score (nSPS) is 20.5. The number of rotatable bonds is 5. The molecule has 0 aliphatic carbocycles. The summed E-state index contributed by atoms with van der Waals surface area (Å²) in [6.45, 7) is -0.407. The molecule has 0 aromatic heterocycles. The van der Waals surface area contributed by atoms with Crippen molar-refractivity contribution >= 4 is 58.7 Å². The van der Waals surface area contributed by atoms with E-state index >= 15 is 0 Å². The first kappa shape index (κ1) is 19.5. The van der Waals surface area contributed by atoms with Crippen LogP contribution in [-0.4, -0.2) is 46.6 Å². The Balaban J connectivity index is 1.68. The number of carbonyl (C=O) groups excluding carboxylic acids is 2. The molecule has 1 aliphatic heterocycles. The van der Waals surface area contributed by atoms with Gasteiger partial charge in [0.1, 0.15) is 18.6 Å². The third-order valence-corrected chi connectivity index (χ3v) is 4.07. The molecule has 0 radical (unpaired) electrons. The molecule has 0 saturated carbocycles. The Kier molecular flexibility index (Phi) is 7.31. The second kappa shape index (κ2) is 9.01. The smallest absolute Gasteiger partial charge is 0.458 e. The topological polar surface area (TPSA) is 71.1 Å². The van der Waals surface area contributed by atoms with Crippen LogP contribution in [0.15, 0.2) is 30.3 Å². The van der Waals surface area contributed by atoms with Crippen LogP contribution in [0.1, 0.15) is 10.4 Å². The fourth-order valence-electron chi connectivity index (χ4n) is 1.67. The molecule has 24 heavy (non-hydrogen) atoms. The second-order valence-electron chi connectivity index (χ2n) is 4.56. The first-order valence-electron chi connectivity index (χ1n) is 6.73. The summed E-state index contributed by atoms with van der Waals surface area (Å²) in [5.41, 5.74) is 0.00668. The van der Waals surface area contributed by atoms with Gasteiger partial charge in [0, 0.05) is 0 Å². The highest BCUT2D eigenvalue weighted by atomic mass is 35.6. The lowest BCUT2D eigenvalue weighted by Crippen LogP contribution is -2.25. The molecular formula is C14H13Cl3O6S. The number of hydrogen-bond acceptors (Lipinski definition) is 7. The molecule has 0 bridgehead atoms. The summed E-state index contributed by atoms with van der Waals surface area (Å²) in [6.07, 6.45) is -1.83. The number of esters is 1. The molecule has 0 amide bonds. The van der Waals surface area contributed by atoms with E-state index in [9.17, 15) is 9.59 Å². The zero-order valence-electron chi connectivity index (χ0n) is 12.2. The van der Waals surface area contributed by atoms with E-state index in [-0.39, 0.29) is 6.61 Å². The average Bonchev–Trinajstić information content (AvgIpc) is 2.98. The Morgan fingerprint density at radius 2 is 1.92 bits per heavy atom. The summed E-state index contributed by atoms with van der Waals surface area (Å²) in [4.78, 5) is 23.2. The van der Waals surface area contributed by atoms with Gasteiger partial charge in [-0.1, -0.05) is 53.0 Å². The SMILES string of the molecule is O=C(OCC(Cl)(Cl)Cl)O[C@@H]1CS[C@H](COC(=O)c2ccccc2)O1. The maximum atomic E-state index is 11.8. The van der Waals surface area contributed by atoms with Crippen molar-refractivity contribution in [2.24, 2.45) is 0 Å². The molecule has 1 heterocycles. The zero-order valence-corrected chi connectivity index (χ0v) is 15.2. The minimum atomic E-state index is -1.71. The lowest BCUT2D eigenvalue weighted by molar-refractivity contribution is -0.114. The van der Waals surface area contributed by atoms with Crippen LogP contribution >= 0.6 is 46.6 Å². The van der Waals surface area contributed by atoms with E-state index in [1.807, 2.05) is 0 Å². The molecule has 0 spiro atoms. The molecule has 0 unspecified atom stereocenters. The minimum absolute atomic E-state index is 0.0292. The summed E-state index contributed by atoms with van der Waals surface area (Å²) >= 11 is 17.7. The number of benzene rings is 1. The van der Waals surface area contributed by atoms with E-state index in [0.717, 1.165) is 0 Å². The quantitative estimate of drug-likeness (QED) is 0.535. The van der Waals surface area contributed by atoms with Crippen LogP contribution in [0.5, 0.6) is 0 Å². The highest BCUT2D eigenvalue weighted by molar-refractivity contribution is 8.00. The molecule has 1 aromatic rings. The third kappa shape index (κ3) is 6.94. The number of ether oxygens (including phenoxy) is 4. The number of carbonyl (C=O) groups is 2. The van der Waals surface area contributed by atoms with Crippen molar-refractivity contribution in [1.29, 1.82) is 0 Å². The molecule has 1 fully saturated rings. The van der Waals surface area contributed by atoms with Crippen LogP contribution in [0.3, 0.4) is 0 Å². The van der Waals surface area contributed by atoms with Gasteiger partial charge in [0.05, 0.1) is 11.3 Å². The van der Waals surface area contributed by atoms with Crippen molar-refractivity contribution in [1.82, 2.24) is 0 Å². The van der Waals surface area contributed by atoms with Gasteiger partial charge in [-0.3, -0.25) is 0 Å². The number of halogens is 3. The van der Waals surface area contributed by atoms with Gasteiger partial charge in [-0.25, -0.2) is 9.59 Å². The first-order valence-corrected chi connectivity index (χ1v) is 8.91. The van der Waals surface area contributed by atoms with Crippen LogP contribution in [0.2, 0.25) is 0 Å². The number of thioether (sulfide) groups is 1.